The minimum Gasteiger partial charge on any atom is -0.388 e. The highest BCUT2D eigenvalue weighted by Gasteiger charge is 2.04. The Morgan fingerprint density at radius 3 is 2.44 bits per heavy atom. The van der Waals surface area contributed by atoms with Crippen LogP contribution in [0.4, 0.5) is 5.69 Å². The lowest BCUT2D eigenvalue weighted by Crippen LogP contribution is -1.90. The summed E-state index contributed by atoms with van der Waals surface area (Å²) in [4.78, 5) is 0. The van der Waals surface area contributed by atoms with Gasteiger partial charge in [0.05, 0.1) is 11.6 Å². The average molecular weight is 208 g/mol. The normalized spacial score (nSPS) is 9.50. The van der Waals surface area contributed by atoms with E-state index < -0.39 is 0 Å². The van der Waals surface area contributed by atoms with Crippen LogP contribution >= 0.6 is 0 Å². The number of benzene rings is 2. The van der Waals surface area contributed by atoms with Crippen LogP contribution in [0, 0.1) is 11.3 Å². The quantitative estimate of drug-likeness (QED) is 0.822. The fraction of sp³-hybridized carbons (Fsp3) is 0.0714. The van der Waals surface area contributed by atoms with Crippen LogP contribution in [-0.4, -0.2) is 7.05 Å². The molecule has 0 saturated carbocycles. The molecule has 0 heterocycles. The first-order valence-electron chi connectivity index (χ1n) is 5.12. The zero-order chi connectivity index (χ0) is 11.4. The maximum Gasteiger partial charge on any atom is 0.0998 e. The zero-order valence-electron chi connectivity index (χ0n) is 9.07. The van der Waals surface area contributed by atoms with Crippen LogP contribution < -0.4 is 5.32 Å². The summed E-state index contributed by atoms with van der Waals surface area (Å²) in [5.74, 6) is 0. The summed E-state index contributed by atoms with van der Waals surface area (Å²) in [5.41, 5.74) is 3.74. The number of nitrogens with zero attached hydrogens (tertiary/aromatic N) is 1. The summed E-state index contributed by atoms with van der Waals surface area (Å²) in [6.07, 6.45) is 0. The molecule has 78 valence electrons. The lowest BCUT2D eigenvalue weighted by molar-refractivity contribution is 1.45. The maximum absolute atomic E-state index is 9.07. The largest absolute Gasteiger partial charge is 0.388 e. The molecule has 1 N–H and O–H groups in total. The first kappa shape index (κ1) is 10.3. The van der Waals surface area contributed by atoms with Gasteiger partial charge in [0.1, 0.15) is 0 Å². The molecule has 0 aliphatic heterocycles. The third-order valence-electron chi connectivity index (χ3n) is 2.51. The van der Waals surface area contributed by atoms with Gasteiger partial charge in [0.2, 0.25) is 0 Å². The number of hydrogen-bond donors (Lipinski definition) is 1. The predicted octanol–water partition coefficient (Wildman–Crippen LogP) is 3.27. The second-order valence-corrected chi connectivity index (χ2v) is 3.49. The van der Waals surface area contributed by atoms with E-state index in [1.807, 2.05) is 55.6 Å². The van der Waals surface area contributed by atoms with Crippen LogP contribution in [0.15, 0.2) is 48.5 Å². The fourth-order valence-corrected chi connectivity index (χ4v) is 1.65. The average Bonchev–Trinajstić information content (AvgIpc) is 2.39. The third-order valence-corrected chi connectivity index (χ3v) is 2.51. The van der Waals surface area contributed by atoms with E-state index in [0.717, 1.165) is 16.8 Å². The first-order valence-corrected chi connectivity index (χ1v) is 5.12. The van der Waals surface area contributed by atoms with E-state index in [9.17, 15) is 0 Å². The molecule has 0 unspecified atom stereocenters. The molecule has 2 aromatic carbocycles. The Hall–Kier alpha value is -2.27. The summed E-state index contributed by atoms with van der Waals surface area (Å²) in [6.45, 7) is 0. The molecule has 0 aliphatic carbocycles. The maximum atomic E-state index is 9.07. The Balaban J connectivity index is 2.59. The van der Waals surface area contributed by atoms with E-state index >= 15 is 0 Å². The Morgan fingerprint density at radius 1 is 1.06 bits per heavy atom. The smallest absolute Gasteiger partial charge is 0.0998 e. The summed E-state index contributed by atoms with van der Waals surface area (Å²) < 4.78 is 0. The number of rotatable bonds is 2. The van der Waals surface area contributed by atoms with Crippen molar-refractivity contribution in [3.05, 3.63) is 54.1 Å². The predicted molar refractivity (Wildman–Crippen MR) is 66.1 cm³/mol. The highest BCUT2D eigenvalue weighted by molar-refractivity contribution is 5.74. The van der Waals surface area contributed by atoms with Gasteiger partial charge in [-0.1, -0.05) is 30.3 Å². The molecule has 0 radical (unpaired) electrons. The molecule has 0 amide bonds. The topological polar surface area (TPSA) is 35.8 Å². The number of hydrogen-bond acceptors (Lipinski definition) is 2. The van der Waals surface area contributed by atoms with Gasteiger partial charge in [0, 0.05) is 18.3 Å². The lowest BCUT2D eigenvalue weighted by atomic mass is 10.00. The molecule has 0 fully saturated rings. The standard InChI is InChI=1S/C14H12N2/c1-16-13-8-7-12(10-15)14(9-13)11-5-3-2-4-6-11/h2-9,16H,1H3. The Labute approximate surface area is 95.2 Å². The highest BCUT2D eigenvalue weighted by atomic mass is 14.8. The van der Waals surface area contributed by atoms with Gasteiger partial charge in [-0.25, -0.2) is 0 Å². The van der Waals surface area contributed by atoms with Crippen molar-refractivity contribution in [1.29, 1.82) is 5.26 Å². The monoisotopic (exact) mass is 208 g/mol. The van der Waals surface area contributed by atoms with Crippen molar-refractivity contribution in [2.75, 3.05) is 12.4 Å². The first-order chi connectivity index (χ1) is 7.85. The number of anilines is 1. The van der Waals surface area contributed by atoms with E-state index in [1.165, 1.54) is 0 Å². The molecule has 0 atom stereocenters. The Bertz CT molecular complexity index is 524. The molecule has 0 aliphatic rings. The number of nitriles is 1. The summed E-state index contributed by atoms with van der Waals surface area (Å²) >= 11 is 0. The second-order valence-electron chi connectivity index (χ2n) is 3.49. The van der Waals surface area contributed by atoms with Crippen molar-refractivity contribution in [3.63, 3.8) is 0 Å². The van der Waals surface area contributed by atoms with Crippen molar-refractivity contribution >= 4 is 5.69 Å². The van der Waals surface area contributed by atoms with Crippen LogP contribution in [0.3, 0.4) is 0 Å². The van der Waals surface area contributed by atoms with Crippen molar-refractivity contribution in [2.24, 2.45) is 0 Å². The van der Waals surface area contributed by atoms with Gasteiger partial charge in [-0.2, -0.15) is 5.26 Å². The van der Waals surface area contributed by atoms with Gasteiger partial charge in [-0.3, -0.25) is 0 Å². The van der Waals surface area contributed by atoms with Gasteiger partial charge < -0.3 is 5.32 Å². The lowest BCUT2D eigenvalue weighted by Gasteiger charge is -2.07. The van der Waals surface area contributed by atoms with Gasteiger partial charge in [-0.05, 0) is 23.8 Å². The molecule has 2 aromatic rings. The highest BCUT2D eigenvalue weighted by Crippen LogP contribution is 2.26. The van der Waals surface area contributed by atoms with E-state index in [0.29, 0.717) is 5.56 Å². The van der Waals surface area contributed by atoms with Crippen LogP contribution in [0.5, 0.6) is 0 Å². The van der Waals surface area contributed by atoms with Crippen LogP contribution in [0.2, 0.25) is 0 Å². The van der Waals surface area contributed by atoms with Crippen molar-refractivity contribution in [2.45, 2.75) is 0 Å². The molecule has 0 bridgehead atoms. The summed E-state index contributed by atoms with van der Waals surface area (Å²) in [7, 11) is 1.87. The van der Waals surface area contributed by atoms with Crippen molar-refractivity contribution in [3.8, 4) is 17.2 Å². The van der Waals surface area contributed by atoms with E-state index in [2.05, 4.69) is 11.4 Å². The SMILES string of the molecule is CNc1ccc(C#N)c(-c2ccccc2)c1. The van der Waals surface area contributed by atoms with Gasteiger partial charge in [0.25, 0.3) is 0 Å². The van der Waals surface area contributed by atoms with E-state index in [4.69, 9.17) is 5.26 Å². The van der Waals surface area contributed by atoms with E-state index in [-0.39, 0.29) is 0 Å². The molecule has 0 spiro atoms. The molecular formula is C14H12N2. The summed E-state index contributed by atoms with van der Waals surface area (Å²) in [6, 6.07) is 17.9. The summed E-state index contributed by atoms with van der Waals surface area (Å²) in [5, 5.41) is 12.2. The molecule has 0 saturated heterocycles. The molecular weight excluding hydrogens is 196 g/mol. The number of nitrogens with one attached hydrogen (secondary N) is 1. The van der Waals surface area contributed by atoms with Crippen LogP contribution in [0.25, 0.3) is 11.1 Å². The van der Waals surface area contributed by atoms with Crippen LogP contribution in [0.1, 0.15) is 5.56 Å². The van der Waals surface area contributed by atoms with Gasteiger partial charge in [-0.15, -0.1) is 0 Å². The fourth-order valence-electron chi connectivity index (χ4n) is 1.65. The molecule has 2 rings (SSSR count). The Morgan fingerprint density at radius 2 is 1.81 bits per heavy atom. The van der Waals surface area contributed by atoms with Crippen molar-refractivity contribution in [1.82, 2.24) is 0 Å². The molecule has 2 heteroatoms. The van der Waals surface area contributed by atoms with Crippen molar-refractivity contribution < 1.29 is 0 Å². The van der Waals surface area contributed by atoms with Gasteiger partial charge in [0.15, 0.2) is 0 Å². The molecule has 2 nitrogen and oxygen atoms in total. The van der Waals surface area contributed by atoms with Gasteiger partial charge >= 0.3 is 0 Å². The zero-order valence-corrected chi connectivity index (χ0v) is 9.07. The molecule has 16 heavy (non-hydrogen) atoms. The minimum atomic E-state index is 0.699. The van der Waals surface area contributed by atoms with Crippen LogP contribution in [-0.2, 0) is 0 Å². The third kappa shape index (κ3) is 1.89. The van der Waals surface area contributed by atoms with E-state index in [1.54, 1.807) is 0 Å². The Kier molecular flexibility index (Phi) is 2.88. The second kappa shape index (κ2) is 4.50. The molecule has 0 aromatic heterocycles. The minimum absolute atomic E-state index is 0.699.